The highest BCUT2D eigenvalue weighted by atomic mass is 16.5. The van der Waals surface area contributed by atoms with Crippen LogP contribution in [0.3, 0.4) is 0 Å². The van der Waals surface area contributed by atoms with E-state index in [9.17, 15) is 4.79 Å². The van der Waals surface area contributed by atoms with Gasteiger partial charge in [-0.15, -0.1) is 0 Å². The Bertz CT molecular complexity index is 752. The Hall–Kier alpha value is -2.69. The normalized spacial score (nSPS) is 14.4. The molecule has 1 fully saturated rings. The van der Waals surface area contributed by atoms with Crippen molar-refractivity contribution in [2.45, 2.75) is 6.92 Å². The summed E-state index contributed by atoms with van der Waals surface area (Å²) < 4.78 is 10.6. The second kappa shape index (κ2) is 7.47. The molecule has 1 aliphatic heterocycles. The first-order valence-corrected chi connectivity index (χ1v) is 8.46. The summed E-state index contributed by atoms with van der Waals surface area (Å²) in [6, 6.07) is 13.7. The van der Waals surface area contributed by atoms with Gasteiger partial charge in [0.15, 0.2) is 0 Å². The maximum atomic E-state index is 12.9. The summed E-state index contributed by atoms with van der Waals surface area (Å²) >= 11 is 0. The van der Waals surface area contributed by atoms with E-state index in [1.54, 1.807) is 32.4 Å². The molecule has 0 atom stereocenters. The molecule has 0 saturated carbocycles. The molecule has 0 aliphatic carbocycles. The molecule has 0 radical (unpaired) electrons. The Morgan fingerprint density at radius 1 is 0.960 bits per heavy atom. The minimum Gasteiger partial charge on any atom is -0.497 e. The molecule has 2 aromatic carbocycles. The van der Waals surface area contributed by atoms with Gasteiger partial charge in [0.2, 0.25) is 0 Å². The van der Waals surface area contributed by atoms with Crippen molar-refractivity contribution in [1.29, 1.82) is 0 Å². The zero-order chi connectivity index (χ0) is 17.8. The predicted molar refractivity (Wildman–Crippen MR) is 98.8 cm³/mol. The largest absolute Gasteiger partial charge is 0.497 e. The van der Waals surface area contributed by atoms with Crippen LogP contribution in [0.5, 0.6) is 11.5 Å². The molecule has 5 heteroatoms. The summed E-state index contributed by atoms with van der Waals surface area (Å²) in [4.78, 5) is 17.1. The zero-order valence-corrected chi connectivity index (χ0v) is 15.0. The van der Waals surface area contributed by atoms with Gasteiger partial charge in [-0.2, -0.15) is 0 Å². The van der Waals surface area contributed by atoms with Crippen LogP contribution >= 0.6 is 0 Å². The number of carbonyl (C=O) groups is 1. The first-order valence-electron chi connectivity index (χ1n) is 8.46. The van der Waals surface area contributed by atoms with Crippen molar-refractivity contribution < 1.29 is 14.3 Å². The van der Waals surface area contributed by atoms with E-state index in [4.69, 9.17) is 9.47 Å². The standard InChI is InChI=1S/C20H24N2O3/c1-15-6-4-5-7-18(15)21-10-12-22(13-11-21)20(23)17-9-8-16(24-2)14-19(17)25-3/h4-9,14H,10-13H2,1-3H3. The number of nitrogens with zero attached hydrogens (tertiary/aromatic N) is 2. The van der Waals surface area contributed by atoms with Crippen LogP contribution in [0.25, 0.3) is 0 Å². The second-order valence-electron chi connectivity index (χ2n) is 6.13. The molecule has 0 aromatic heterocycles. The van der Waals surface area contributed by atoms with Crippen LogP contribution in [0.2, 0.25) is 0 Å². The van der Waals surface area contributed by atoms with Gasteiger partial charge in [0.25, 0.3) is 5.91 Å². The van der Waals surface area contributed by atoms with Crippen LogP contribution in [0, 0.1) is 6.92 Å². The minimum atomic E-state index is 0.00365. The van der Waals surface area contributed by atoms with Gasteiger partial charge in [-0.25, -0.2) is 0 Å². The molecule has 132 valence electrons. The van der Waals surface area contributed by atoms with Crippen LogP contribution in [0.1, 0.15) is 15.9 Å². The summed E-state index contributed by atoms with van der Waals surface area (Å²) in [6.45, 7) is 5.17. The number of anilines is 1. The van der Waals surface area contributed by atoms with Crippen LogP contribution in [0.4, 0.5) is 5.69 Å². The summed E-state index contributed by atoms with van der Waals surface area (Å²) in [5, 5.41) is 0. The van der Waals surface area contributed by atoms with Crippen LogP contribution in [0.15, 0.2) is 42.5 Å². The third-order valence-corrected chi connectivity index (χ3v) is 4.66. The van der Waals surface area contributed by atoms with E-state index in [-0.39, 0.29) is 5.91 Å². The van der Waals surface area contributed by atoms with Crippen molar-refractivity contribution in [3.8, 4) is 11.5 Å². The zero-order valence-electron chi connectivity index (χ0n) is 15.0. The number of ether oxygens (including phenoxy) is 2. The van der Waals surface area contributed by atoms with E-state index in [0.29, 0.717) is 30.2 Å². The van der Waals surface area contributed by atoms with Gasteiger partial charge in [0.1, 0.15) is 11.5 Å². The first-order chi connectivity index (χ1) is 12.1. The van der Waals surface area contributed by atoms with Crippen molar-refractivity contribution in [3.05, 3.63) is 53.6 Å². The van der Waals surface area contributed by atoms with Gasteiger partial charge in [0.05, 0.1) is 19.8 Å². The lowest BCUT2D eigenvalue weighted by Gasteiger charge is -2.37. The number of benzene rings is 2. The van der Waals surface area contributed by atoms with Gasteiger partial charge >= 0.3 is 0 Å². The summed E-state index contributed by atoms with van der Waals surface area (Å²) in [5.41, 5.74) is 3.09. The van der Waals surface area contributed by atoms with Crippen molar-refractivity contribution in [2.24, 2.45) is 0 Å². The molecular weight excluding hydrogens is 316 g/mol. The lowest BCUT2D eigenvalue weighted by atomic mass is 10.1. The molecule has 5 nitrogen and oxygen atoms in total. The van der Waals surface area contributed by atoms with E-state index < -0.39 is 0 Å². The number of hydrogen-bond donors (Lipinski definition) is 0. The van der Waals surface area contributed by atoms with E-state index in [2.05, 4.69) is 36.1 Å². The highest BCUT2D eigenvalue weighted by Gasteiger charge is 2.25. The number of methoxy groups -OCH3 is 2. The predicted octanol–water partition coefficient (Wildman–Crippen LogP) is 2.97. The fourth-order valence-electron chi connectivity index (χ4n) is 3.21. The van der Waals surface area contributed by atoms with Crippen LogP contribution < -0.4 is 14.4 Å². The third kappa shape index (κ3) is 3.55. The van der Waals surface area contributed by atoms with Crippen LogP contribution in [-0.2, 0) is 0 Å². The molecule has 1 heterocycles. The third-order valence-electron chi connectivity index (χ3n) is 4.66. The molecule has 1 saturated heterocycles. The number of piperazine rings is 1. The maximum Gasteiger partial charge on any atom is 0.257 e. The molecule has 25 heavy (non-hydrogen) atoms. The highest BCUT2D eigenvalue weighted by Crippen LogP contribution is 2.27. The molecule has 0 N–H and O–H groups in total. The van der Waals surface area contributed by atoms with Gasteiger partial charge in [-0.05, 0) is 30.7 Å². The number of rotatable bonds is 4. The van der Waals surface area contributed by atoms with Gasteiger partial charge < -0.3 is 19.3 Å². The number of aryl methyl sites for hydroxylation is 1. The van der Waals surface area contributed by atoms with E-state index in [1.165, 1.54) is 11.3 Å². The molecule has 2 aromatic rings. The second-order valence-corrected chi connectivity index (χ2v) is 6.13. The highest BCUT2D eigenvalue weighted by molar-refractivity contribution is 5.97. The van der Waals surface area contributed by atoms with E-state index >= 15 is 0 Å². The average Bonchev–Trinajstić information content (AvgIpc) is 2.67. The Balaban J connectivity index is 1.71. The van der Waals surface area contributed by atoms with Crippen LogP contribution in [-0.4, -0.2) is 51.2 Å². The Morgan fingerprint density at radius 2 is 1.68 bits per heavy atom. The van der Waals surface area contributed by atoms with Gasteiger partial charge in [-0.1, -0.05) is 18.2 Å². The maximum absolute atomic E-state index is 12.9. The SMILES string of the molecule is COc1ccc(C(=O)N2CCN(c3ccccc3C)CC2)c(OC)c1. The van der Waals surface area contributed by atoms with Crippen molar-refractivity contribution >= 4 is 11.6 Å². The number of carbonyl (C=O) groups excluding carboxylic acids is 1. The molecule has 1 aliphatic rings. The Kier molecular flexibility index (Phi) is 5.12. The monoisotopic (exact) mass is 340 g/mol. The fourth-order valence-corrected chi connectivity index (χ4v) is 3.21. The smallest absolute Gasteiger partial charge is 0.257 e. The fraction of sp³-hybridized carbons (Fsp3) is 0.350. The van der Waals surface area contributed by atoms with Crippen molar-refractivity contribution in [3.63, 3.8) is 0 Å². The number of para-hydroxylation sites is 1. The minimum absolute atomic E-state index is 0.00365. The van der Waals surface area contributed by atoms with Crippen molar-refractivity contribution in [2.75, 3.05) is 45.3 Å². The van der Waals surface area contributed by atoms with E-state index in [1.807, 2.05) is 4.90 Å². The first kappa shape index (κ1) is 17.1. The molecule has 0 spiro atoms. The lowest BCUT2D eigenvalue weighted by molar-refractivity contribution is 0.0743. The average molecular weight is 340 g/mol. The molecule has 0 bridgehead atoms. The van der Waals surface area contributed by atoms with Gasteiger partial charge in [-0.3, -0.25) is 4.79 Å². The quantitative estimate of drug-likeness (QED) is 0.858. The molecule has 0 unspecified atom stereocenters. The summed E-state index contributed by atoms with van der Waals surface area (Å²) in [5.74, 6) is 1.23. The van der Waals surface area contributed by atoms with Crippen molar-refractivity contribution in [1.82, 2.24) is 4.90 Å². The van der Waals surface area contributed by atoms with Gasteiger partial charge in [0, 0.05) is 37.9 Å². The summed E-state index contributed by atoms with van der Waals surface area (Å²) in [6.07, 6.45) is 0. The number of hydrogen-bond acceptors (Lipinski definition) is 4. The Labute approximate surface area is 148 Å². The lowest BCUT2D eigenvalue weighted by Crippen LogP contribution is -2.49. The molecular formula is C20H24N2O3. The molecule has 1 amide bonds. The Morgan fingerprint density at radius 3 is 2.32 bits per heavy atom. The topological polar surface area (TPSA) is 42.0 Å². The summed E-state index contributed by atoms with van der Waals surface area (Å²) in [7, 11) is 3.17. The molecule has 3 rings (SSSR count). The number of amides is 1. The van der Waals surface area contributed by atoms with E-state index in [0.717, 1.165) is 13.1 Å².